The third-order valence-electron chi connectivity index (χ3n) is 2.08. The van der Waals surface area contributed by atoms with E-state index in [1.54, 1.807) is 6.92 Å². The lowest BCUT2D eigenvalue weighted by atomic mass is 10.1. The van der Waals surface area contributed by atoms with Crippen molar-refractivity contribution >= 4 is 35.2 Å². The number of esters is 1. The van der Waals surface area contributed by atoms with Crippen molar-refractivity contribution in [1.29, 1.82) is 0 Å². The molecule has 0 fully saturated rings. The molecule has 1 rings (SSSR count). The van der Waals surface area contributed by atoms with Crippen LogP contribution in [-0.4, -0.2) is 12.6 Å². The van der Waals surface area contributed by atoms with Crippen LogP contribution in [0.2, 0.25) is 10.0 Å². The van der Waals surface area contributed by atoms with Gasteiger partial charge in [-0.05, 0) is 25.1 Å². The van der Waals surface area contributed by atoms with Gasteiger partial charge in [-0.25, -0.2) is 4.79 Å². The minimum Gasteiger partial charge on any atom is -0.463 e. The predicted octanol–water partition coefficient (Wildman–Crippen LogP) is 4.59. The molecule has 104 valence electrons. The van der Waals surface area contributed by atoms with Gasteiger partial charge >= 0.3 is 12.1 Å². The van der Waals surface area contributed by atoms with Gasteiger partial charge in [-0.1, -0.05) is 23.2 Å². The smallest absolute Gasteiger partial charge is 0.416 e. The summed E-state index contributed by atoms with van der Waals surface area (Å²) in [5, 5.41) is -0.388. The molecule has 19 heavy (non-hydrogen) atoms. The molecular weight excluding hydrogens is 304 g/mol. The molecule has 0 saturated carbocycles. The summed E-state index contributed by atoms with van der Waals surface area (Å²) in [4.78, 5) is 11.1. The van der Waals surface area contributed by atoms with Crippen molar-refractivity contribution in [3.63, 3.8) is 0 Å². The summed E-state index contributed by atoms with van der Waals surface area (Å²) in [6.45, 7) is 1.82. The van der Waals surface area contributed by atoms with Crippen LogP contribution in [0.4, 0.5) is 13.2 Å². The van der Waals surface area contributed by atoms with Gasteiger partial charge in [0.1, 0.15) is 0 Å². The molecule has 0 bridgehead atoms. The molecule has 0 radical (unpaired) electrons. The first-order valence-corrected chi connectivity index (χ1v) is 5.92. The third kappa shape index (κ3) is 4.44. The number of hydrogen-bond acceptors (Lipinski definition) is 2. The van der Waals surface area contributed by atoms with Crippen LogP contribution < -0.4 is 0 Å². The zero-order valence-electron chi connectivity index (χ0n) is 9.72. The normalized spacial score (nSPS) is 11.9. The first-order chi connectivity index (χ1) is 8.75. The highest BCUT2D eigenvalue weighted by atomic mass is 35.5. The van der Waals surface area contributed by atoms with Gasteiger partial charge in [0.2, 0.25) is 0 Å². The number of benzene rings is 1. The van der Waals surface area contributed by atoms with Crippen LogP contribution in [0.1, 0.15) is 18.1 Å². The standard InChI is InChI=1S/C12H9Cl2F3O2/c1-2-19-11(18)4-3-8-9(13)5-7(6-10(8)14)12(15,16)17/h3-6H,2H2,1H3. The van der Waals surface area contributed by atoms with Gasteiger partial charge in [-0.15, -0.1) is 0 Å². The lowest BCUT2D eigenvalue weighted by Gasteiger charge is -2.10. The van der Waals surface area contributed by atoms with E-state index in [1.165, 1.54) is 6.08 Å². The van der Waals surface area contributed by atoms with Gasteiger partial charge in [-0.3, -0.25) is 0 Å². The van der Waals surface area contributed by atoms with E-state index in [0.29, 0.717) is 0 Å². The van der Waals surface area contributed by atoms with Crippen molar-refractivity contribution in [2.24, 2.45) is 0 Å². The second kappa shape index (κ2) is 6.30. The average molecular weight is 313 g/mol. The molecule has 1 aromatic rings. The first kappa shape index (κ1) is 15.9. The van der Waals surface area contributed by atoms with Crippen LogP contribution in [0.25, 0.3) is 6.08 Å². The summed E-state index contributed by atoms with van der Waals surface area (Å²) in [5.74, 6) is -0.630. The summed E-state index contributed by atoms with van der Waals surface area (Å²) in [6, 6.07) is 1.50. The second-order valence-electron chi connectivity index (χ2n) is 3.44. The van der Waals surface area contributed by atoms with Gasteiger partial charge < -0.3 is 4.74 Å². The Balaban J connectivity index is 3.08. The van der Waals surface area contributed by atoms with E-state index in [9.17, 15) is 18.0 Å². The lowest BCUT2D eigenvalue weighted by molar-refractivity contribution is -0.138. The molecule has 0 aliphatic rings. The summed E-state index contributed by atoms with van der Waals surface area (Å²) in [6.07, 6.45) is -2.27. The number of hydrogen-bond donors (Lipinski definition) is 0. The predicted molar refractivity (Wildman–Crippen MR) is 67.1 cm³/mol. The summed E-state index contributed by atoms with van der Waals surface area (Å²) in [5.41, 5.74) is -0.819. The Morgan fingerprint density at radius 3 is 2.26 bits per heavy atom. The fourth-order valence-electron chi connectivity index (χ4n) is 1.25. The van der Waals surface area contributed by atoms with Crippen LogP contribution in [0, 0.1) is 0 Å². The minimum absolute atomic E-state index is 0.129. The van der Waals surface area contributed by atoms with Crippen molar-refractivity contribution < 1.29 is 22.7 Å². The summed E-state index contributed by atoms with van der Waals surface area (Å²) >= 11 is 11.4. The summed E-state index contributed by atoms with van der Waals surface area (Å²) < 4.78 is 42.1. The van der Waals surface area contributed by atoms with Crippen LogP contribution in [-0.2, 0) is 15.7 Å². The van der Waals surface area contributed by atoms with E-state index in [4.69, 9.17) is 23.2 Å². The molecule has 0 aromatic heterocycles. The van der Waals surface area contributed by atoms with E-state index in [2.05, 4.69) is 4.74 Å². The molecule has 0 atom stereocenters. The number of rotatable bonds is 3. The molecular formula is C12H9Cl2F3O2. The van der Waals surface area contributed by atoms with Crippen molar-refractivity contribution in [1.82, 2.24) is 0 Å². The van der Waals surface area contributed by atoms with Gasteiger partial charge in [0.05, 0.1) is 12.2 Å². The van der Waals surface area contributed by atoms with Crippen LogP contribution in [0.3, 0.4) is 0 Å². The van der Waals surface area contributed by atoms with E-state index in [0.717, 1.165) is 18.2 Å². The molecule has 0 aliphatic heterocycles. The Morgan fingerprint density at radius 1 is 1.32 bits per heavy atom. The van der Waals surface area contributed by atoms with E-state index in [-0.39, 0.29) is 22.2 Å². The number of alkyl halides is 3. The number of ether oxygens (including phenoxy) is 1. The third-order valence-corrected chi connectivity index (χ3v) is 2.70. The number of carbonyl (C=O) groups excluding carboxylic acids is 1. The topological polar surface area (TPSA) is 26.3 Å². The lowest BCUT2D eigenvalue weighted by Crippen LogP contribution is -2.05. The van der Waals surface area contributed by atoms with Crippen molar-refractivity contribution in [3.05, 3.63) is 39.4 Å². The molecule has 0 unspecified atom stereocenters. The van der Waals surface area contributed by atoms with Gasteiger partial charge in [0.25, 0.3) is 0 Å². The second-order valence-corrected chi connectivity index (χ2v) is 4.25. The average Bonchev–Trinajstić information content (AvgIpc) is 2.26. The Kier molecular flexibility index (Phi) is 5.26. The molecule has 7 heteroatoms. The maximum Gasteiger partial charge on any atom is 0.416 e. The molecule has 0 N–H and O–H groups in total. The molecule has 0 saturated heterocycles. The molecule has 0 spiro atoms. The van der Waals surface area contributed by atoms with E-state index >= 15 is 0 Å². The Bertz CT molecular complexity index is 487. The maximum absolute atomic E-state index is 12.5. The Hall–Kier alpha value is -1.20. The maximum atomic E-state index is 12.5. The van der Waals surface area contributed by atoms with E-state index < -0.39 is 17.7 Å². The highest BCUT2D eigenvalue weighted by Gasteiger charge is 2.31. The highest BCUT2D eigenvalue weighted by Crippen LogP contribution is 2.36. The Labute approximate surface area is 117 Å². The SMILES string of the molecule is CCOC(=O)C=Cc1c(Cl)cc(C(F)(F)F)cc1Cl. The first-order valence-electron chi connectivity index (χ1n) is 5.16. The molecule has 0 amide bonds. The number of carbonyl (C=O) groups is 1. The summed E-state index contributed by atoms with van der Waals surface area (Å²) in [7, 11) is 0. The monoisotopic (exact) mass is 312 g/mol. The quantitative estimate of drug-likeness (QED) is 0.603. The zero-order valence-corrected chi connectivity index (χ0v) is 11.2. The van der Waals surface area contributed by atoms with Gasteiger partial charge in [0, 0.05) is 21.7 Å². The molecule has 0 aliphatic carbocycles. The number of halogens is 5. The van der Waals surface area contributed by atoms with Crippen LogP contribution in [0.5, 0.6) is 0 Å². The zero-order chi connectivity index (χ0) is 14.6. The van der Waals surface area contributed by atoms with Gasteiger partial charge in [-0.2, -0.15) is 13.2 Å². The van der Waals surface area contributed by atoms with Crippen molar-refractivity contribution in [2.75, 3.05) is 6.61 Å². The molecule has 0 heterocycles. The fraction of sp³-hybridized carbons (Fsp3) is 0.250. The highest BCUT2D eigenvalue weighted by molar-refractivity contribution is 6.37. The minimum atomic E-state index is -4.53. The fourth-order valence-corrected chi connectivity index (χ4v) is 1.86. The molecule has 1 aromatic carbocycles. The van der Waals surface area contributed by atoms with Crippen LogP contribution >= 0.6 is 23.2 Å². The largest absolute Gasteiger partial charge is 0.463 e. The van der Waals surface area contributed by atoms with E-state index in [1.807, 2.05) is 0 Å². The van der Waals surface area contributed by atoms with Crippen molar-refractivity contribution in [3.8, 4) is 0 Å². The van der Waals surface area contributed by atoms with Gasteiger partial charge in [0.15, 0.2) is 0 Å². The molecule has 2 nitrogen and oxygen atoms in total. The van der Waals surface area contributed by atoms with Crippen molar-refractivity contribution in [2.45, 2.75) is 13.1 Å². The Morgan fingerprint density at radius 2 is 1.84 bits per heavy atom. The van der Waals surface area contributed by atoms with Crippen LogP contribution in [0.15, 0.2) is 18.2 Å².